The first-order valence-electron chi connectivity index (χ1n) is 8.25. The number of rotatable bonds is 8. The van der Waals surface area contributed by atoms with Crippen LogP contribution in [0.2, 0.25) is 0 Å². The summed E-state index contributed by atoms with van der Waals surface area (Å²) in [6.07, 6.45) is -3.27. The van der Waals surface area contributed by atoms with Crippen LogP contribution in [0.3, 0.4) is 0 Å². The highest BCUT2D eigenvalue weighted by Crippen LogP contribution is 2.38. The minimum absolute atomic E-state index is 0.156. The van der Waals surface area contributed by atoms with Crippen molar-refractivity contribution in [3.63, 3.8) is 0 Å². The largest absolute Gasteiger partial charge is 0.493 e. The fourth-order valence-electron chi connectivity index (χ4n) is 2.29. The summed E-state index contributed by atoms with van der Waals surface area (Å²) in [4.78, 5) is 15.7. The van der Waals surface area contributed by atoms with Gasteiger partial charge in [0.2, 0.25) is 11.6 Å². The van der Waals surface area contributed by atoms with Crippen molar-refractivity contribution in [1.82, 2.24) is 10.3 Å². The summed E-state index contributed by atoms with van der Waals surface area (Å²) in [5, 5.41) is 5.15. The molecule has 1 aromatic carbocycles. The molecule has 0 saturated carbocycles. The van der Waals surface area contributed by atoms with Gasteiger partial charge in [-0.15, -0.1) is 0 Å². The highest BCUT2D eigenvalue weighted by molar-refractivity contribution is 5.89. The van der Waals surface area contributed by atoms with Gasteiger partial charge in [0.05, 0.1) is 33.2 Å². The quantitative estimate of drug-likeness (QED) is 0.687. The lowest BCUT2D eigenvalue weighted by molar-refractivity contribution is -0.154. The topological polar surface area (TPSA) is 90.9 Å². The van der Waals surface area contributed by atoms with Crippen molar-refractivity contribution in [3.05, 3.63) is 36.0 Å². The number of pyridine rings is 1. The number of urea groups is 1. The Hall–Kier alpha value is -3.37. The number of anilines is 1. The van der Waals surface area contributed by atoms with Crippen LogP contribution in [0.5, 0.6) is 23.1 Å². The molecule has 2 aromatic rings. The van der Waals surface area contributed by atoms with E-state index in [1.54, 1.807) is 12.1 Å². The number of hydrogen-bond acceptors (Lipinski definition) is 6. The predicted molar refractivity (Wildman–Crippen MR) is 97.7 cm³/mol. The minimum atomic E-state index is -4.45. The van der Waals surface area contributed by atoms with E-state index in [1.165, 1.54) is 39.7 Å². The average molecular weight is 415 g/mol. The zero-order chi connectivity index (χ0) is 21.4. The molecule has 0 atom stereocenters. The molecular formula is C18H20F3N3O5. The van der Waals surface area contributed by atoms with Gasteiger partial charge in [-0.2, -0.15) is 13.2 Å². The second kappa shape index (κ2) is 9.71. The Balaban J connectivity index is 1.93. The van der Waals surface area contributed by atoms with Gasteiger partial charge >= 0.3 is 12.2 Å². The number of methoxy groups -OCH3 is 3. The number of halogens is 3. The summed E-state index contributed by atoms with van der Waals surface area (Å²) in [5.41, 5.74) is 0.982. The number of carbonyl (C=O) groups excluding carboxylic acids is 1. The highest BCUT2D eigenvalue weighted by atomic mass is 19.4. The summed E-state index contributed by atoms with van der Waals surface area (Å²) in [5.74, 6) is 1.12. The molecule has 29 heavy (non-hydrogen) atoms. The lowest BCUT2D eigenvalue weighted by atomic mass is 10.2. The highest BCUT2D eigenvalue weighted by Gasteiger charge is 2.28. The van der Waals surface area contributed by atoms with Crippen LogP contribution in [-0.2, 0) is 6.54 Å². The van der Waals surface area contributed by atoms with Crippen molar-refractivity contribution < 1.29 is 36.9 Å². The van der Waals surface area contributed by atoms with Crippen LogP contribution in [0, 0.1) is 0 Å². The van der Waals surface area contributed by atoms with Gasteiger partial charge in [0.25, 0.3) is 0 Å². The van der Waals surface area contributed by atoms with E-state index >= 15 is 0 Å². The maximum atomic E-state index is 12.1. The first kappa shape index (κ1) is 21.9. The second-order valence-electron chi connectivity index (χ2n) is 5.63. The van der Waals surface area contributed by atoms with Gasteiger partial charge in [-0.05, 0) is 23.8 Å². The monoisotopic (exact) mass is 415 g/mol. The molecule has 0 fully saturated rings. The molecule has 0 aliphatic rings. The van der Waals surface area contributed by atoms with E-state index < -0.39 is 18.8 Å². The molecule has 2 rings (SSSR count). The smallest absolute Gasteiger partial charge is 0.422 e. The standard InChI is InChI=1S/C18H20F3N3O5/c1-26-13-6-11(7-14(27-2)16(13)28-3)8-23-17(25)24-12-4-5-15(22-9-12)29-10-18(19,20)21/h4-7,9H,8,10H2,1-3H3,(H2,23,24,25). The van der Waals surface area contributed by atoms with E-state index in [-0.39, 0.29) is 18.1 Å². The van der Waals surface area contributed by atoms with Gasteiger partial charge in [0.1, 0.15) is 0 Å². The van der Waals surface area contributed by atoms with Crippen LogP contribution < -0.4 is 29.6 Å². The van der Waals surface area contributed by atoms with Crippen molar-refractivity contribution in [2.45, 2.75) is 12.7 Å². The van der Waals surface area contributed by atoms with E-state index in [4.69, 9.17) is 14.2 Å². The molecule has 158 valence electrons. The fraction of sp³-hybridized carbons (Fsp3) is 0.333. The normalized spacial score (nSPS) is 10.8. The first-order valence-corrected chi connectivity index (χ1v) is 8.25. The molecule has 0 bridgehead atoms. The Labute approximate surface area is 164 Å². The molecule has 0 aliphatic carbocycles. The minimum Gasteiger partial charge on any atom is -0.493 e. The summed E-state index contributed by atoms with van der Waals surface area (Å²) in [6.45, 7) is -1.29. The number of alkyl halides is 3. The van der Waals surface area contributed by atoms with Crippen LogP contribution in [0.1, 0.15) is 5.56 Å². The van der Waals surface area contributed by atoms with Crippen LogP contribution in [0.15, 0.2) is 30.5 Å². The molecule has 2 amide bonds. The van der Waals surface area contributed by atoms with Crippen LogP contribution in [-0.4, -0.2) is 45.1 Å². The van der Waals surface area contributed by atoms with Gasteiger partial charge in [0, 0.05) is 12.6 Å². The average Bonchev–Trinajstić information content (AvgIpc) is 2.70. The third-order valence-electron chi connectivity index (χ3n) is 3.56. The number of nitrogens with zero attached hydrogens (tertiary/aromatic N) is 1. The number of amides is 2. The van der Waals surface area contributed by atoms with Gasteiger partial charge in [-0.3, -0.25) is 0 Å². The van der Waals surface area contributed by atoms with Crippen molar-refractivity contribution in [2.24, 2.45) is 0 Å². The molecule has 0 radical (unpaired) electrons. The summed E-state index contributed by atoms with van der Waals surface area (Å²) >= 11 is 0. The number of benzene rings is 1. The van der Waals surface area contributed by atoms with Crippen molar-refractivity contribution in [1.29, 1.82) is 0 Å². The molecular weight excluding hydrogens is 395 g/mol. The fourth-order valence-corrected chi connectivity index (χ4v) is 2.29. The molecule has 0 spiro atoms. The van der Waals surface area contributed by atoms with Crippen LogP contribution in [0.4, 0.5) is 23.7 Å². The zero-order valence-corrected chi connectivity index (χ0v) is 15.9. The van der Waals surface area contributed by atoms with Crippen molar-refractivity contribution >= 4 is 11.7 Å². The SMILES string of the molecule is COc1cc(CNC(=O)Nc2ccc(OCC(F)(F)F)nc2)cc(OC)c1OC. The Morgan fingerprint density at radius 3 is 2.21 bits per heavy atom. The van der Waals surface area contributed by atoms with Gasteiger partial charge in [-0.25, -0.2) is 9.78 Å². The molecule has 0 unspecified atom stereocenters. The molecule has 8 nitrogen and oxygen atoms in total. The van der Waals surface area contributed by atoms with Crippen LogP contribution >= 0.6 is 0 Å². The Bertz CT molecular complexity index is 803. The molecule has 2 N–H and O–H groups in total. The lowest BCUT2D eigenvalue weighted by Gasteiger charge is -2.14. The van der Waals surface area contributed by atoms with E-state index in [9.17, 15) is 18.0 Å². The van der Waals surface area contributed by atoms with Crippen LogP contribution in [0.25, 0.3) is 0 Å². The second-order valence-corrected chi connectivity index (χ2v) is 5.63. The molecule has 1 heterocycles. The maximum Gasteiger partial charge on any atom is 0.422 e. The Morgan fingerprint density at radius 1 is 1.07 bits per heavy atom. The van der Waals surface area contributed by atoms with Crippen molar-refractivity contribution in [3.8, 4) is 23.1 Å². The van der Waals surface area contributed by atoms with E-state index in [1.807, 2.05) is 0 Å². The Morgan fingerprint density at radius 2 is 1.72 bits per heavy atom. The van der Waals surface area contributed by atoms with E-state index in [0.29, 0.717) is 22.8 Å². The maximum absolute atomic E-state index is 12.1. The number of aromatic nitrogens is 1. The third-order valence-corrected chi connectivity index (χ3v) is 3.56. The van der Waals surface area contributed by atoms with Crippen molar-refractivity contribution in [2.75, 3.05) is 33.3 Å². The zero-order valence-electron chi connectivity index (χ0n) is 15.9. The first-order chi connectivity index (χ1) is 13.8. The number of nitrogens with one attached hydrogen (secondary N) is 2. The Kier molecular flexibility index (Phi) is 7.34. The number of carbonyl (C=O) groups is 1. The van der Waals surface area contributed by atoms with E-state index in [0.717, 1.165) is 0 Å². The summed E-state index contributed by atoms with van der Waals surface area (Å²) < 4.78 is 56.6. The lowest BCUT2D eigenvalue weighted by Crippen LogP contribution is -2.28. The third kappa shape index (κ3) is 6.63. The summed E-state index contributed by atoms with van der Waals surface area (Å²) in [6, 6.07) is 5.44. The predicted octanol–water partition coefficient (Wildman–Crippen LogP) is 3.37. The number of ether oxygens (including phenoxy) is 4. The molecule has 0 aliphatic heterocycles. The molecule has 11 heteroatoms. The van der Waals surface area contributed by atoms with E-state index in [2.05, 4.69) is 20.4 Å². The molecule has 1 aromatic heterocycles. The van der Waals surface area contributed by atoms with Gasteiger partial charge in [-0.1, -0.05) is 0 Å². The number of hydrogen-bond donors (Lipinski definition) is 2. The molecule has 0 saturated heterocycles. The van der Waals surface area contributed by atoms with Gasteiger partial charge in [0.15, 0.2) is 18.1 Å². The summed E-state index contributed by atoms with van der Waals surface area (Å²) in [7, 11) is 4.45. The van der Waals surface area contributed by atoms with Gasteiger partial charge < -0.3 is 29.6 Å².